The number of nitrogen functional groups attached to an aromatic ring is 1. The quantitative estimate of drug-likeness (QED) is 0.836. The molecule has 1 aliphatic carbocycles. The third kappa shape index (κ3) is 3.43. The summed E-state index contributed by atoms with van der Waals surface area (Å²) in [6.07, 6.45) is 4.93. The SMILES string of the molecule is CSC1CCC(NS(=O)(=O)c2ccc(C)cc2N)C1. The fourth-order valence-electron chi connectivity index (χ4n) is 2.46. The largest absolute Gasteiger partial charge is 0.398 e. The van der Waals surface area contributed by atoms with Gasteiger partial charge in [0.1, 0.15) is 4.90 Å². The van der Waals surface area contributed by atoms with Crippen LogP contribution in [-0.2, 0) is 10.0 Å². The Balaban J connectivity index is 2.14. The average molecular weight is 300 g/mol. The number of aryl methyl sites for hydroxylation is 1. The van der Waals surface area contributed by atoms with Crippen molar-refractivity contribution in [2.45, 2.75) is 42.4 Å². The van der Waals surface area contributed by atoms with E-state index < -0.39 is 10.0 Å². The molecule has 0 saturated heterocycles. The molecule has 1 saturated carbocycles. The van der Waals surface area contributed by atoms with E-state index in [9.17, 15) is 8.42 Å². The Kier molecular flexibility index (Phi) is 4.43. The first-order valence-electron chi connectivity index (χ1n) is 6.33. The molecule has 0 radical (unpaired) electrons. The van der Waals surface area contributed by atoms with Gasteiger partial charge in [-0.1, -0.05) is 6.07 Å². The Hall–Kier alpha value is -0.720. The van der Waals surface area contributed by atoms with Crippen molar-refractivity contribution < 1.29 is 8.42 Å². The summed E-state index contributed by atoms with van der Waals surface area (Å²) < 4.78 is 27.4. The van der Waals surface area contributed by atoms with Crippen LogP contribution in [0.1, 0.15) is 24.8 Å². The summed E-state index contributed by atoms with van der Waals surface area (Å²) in [7, 11) is -3.51. The van der Waals surface area contributed by atoms with E-state index in [1.165, 1.54) is 0 Å². The third-order valence-corrected chi connectivity index (χ3v) is 6.18. The predicted molar refractivity (Wildman–Crippen MR) is 80.9 cm³/mol. The van der Waals surface area contributed by atoms with Gasteiger partial charge in [-0.2, -0.15) is 11.8 Å². The van der Waals surface area contributed by atoms with Crippen LogP contribution in [0.3, 0.4) is 0 Å². The molecule has 0 aromatic heterocycles. The summed E-state index contributed by atoms with van der Waals surface area (Å²) >= 11 is 1.80. The number of sulfonamides is 1. The van der Waals surface area contributed by atoms with Crippen LogP contribution in [0, 0.1) is 6.92 Å². The minimum atomic E-state index is -3.51. The number of rotatable bonds is 4. The van der Waals surface area contributed by atoms with E-state index in [1.54, 1.807) is 30.0 Å². The zero-order valence-corrected chi connectivity index (χ0v) is 12.9. The normalized spacial score (nSPS) is 23.7. The van der Waals surface area contributed by atoms with Crippen molar-refractivity contribution in [1.29, 1.82) is 0 Å². The third-order valence-electron chi connectivity index (χ3n) is 3.49. The van der Waals surface area contributed by atoms with Crippen LogP contribution in [0.15, 0.2) is 23.1 Å². The van der Waals surface area contributed by atoms with Gasteiger partial charge in [-0.3, -0.25) is 0 Å². The van der Waals surface area contributed by atoms with Gasteiger partial charge in [-0.15, -0.1) is 0 Å². The predicted octanol–water partition coefficient (Wildman–Crippen LogP) is 2.14. The first kappa shape index (κ1) is 14.7. The van der Waals surface area contributed by atoms with Gasteiger partial charge in [0.15, 0.2) is 0 Å². The topological polar surface area (TPSA) is 72.2 Å². The molecular weight excluding hydrogens is 280 g/mol. The lowest BCUT2D eigenvalue weighted by Gasteiger charge is -2.14. The molecule has 0 spiro atoms. The average Bonchev–Trinajstić information content (AvgIpc) is 2.75. The van der Waals surface area contributed by atoms with E-state index in [2.05, 4.69) is 11.0 Å². The van der Waals surface area contributed by atoms with Crippen molar-refractivity contribution >= 4 is 27.5 Å². The van der Waals surface area contributed by atoms with E-state index in [0.29, 0.717) is 10.9 Å². The number of hydrogen-bond acceptors (Lipinski definition) is 4. The van der Waals surface area contributed by atoms with Gasteiger partial charge in [-0.25, -0.2) is 13.1 Å². The lowest BCUT2D eigenvalue weighted by Crippen LogP contribution is -2.33. The molecule has 0 heterocycles. The molecule has 1 aliphatic rings. The summed E-state index contributed by atoms with van der Waals surface area (Å²) in [5.41, 5.74) is 7.08. The number of benzene rings is 1. The van der Waals surface area contributed by atoms with Crippen molar-refractivity contribution in [2.24, 2.45) is 0 Å². The lowest BCUT2D eigenvalue weighted by atomic mass is 10.2. The Bertz CT molecular complexity index is 558. The van der Waals surface area contributed by atoms with Gasteiger partial charge in [0.2, 0.25) is 10.0 Å². The highest BCUT2D eigenvalue weighted by molar-refractivity contribution is 7.99. The fourth-order valence-corrected chi connectivity index (χ4v) is 4.65. The molecule has 0 amide bonds. The Morgan fingerprint density at radius 1 is 1.37 bits per heavy atom. The first-order valence-corrected chi connectivity index (χ1v) is 9.10. The van der Waals surface area contributed by atoms with E-state index in [4.69, 9.17) is 5.73 Å². The molecule has 0 bridgehead atoms. The van der Waals surface area contributed by atoms with Crippen molar-refractivity contribution in [1.82, 2.24) is 4.72 Å². The highest BCUT2D eigenvalue weighted by atomic mass is 32.2. The van der Waals surface area contributed by atoms with E-state index in [1.807, 2.05) is 6.92 Å². The second kappa shape index (κ2) is 5.73. The zero-order chi connectivity index (χ0) is 14.0. The second-order valence-corrected chi connectivity index (χ2v) is 7.85. The van der Waals surface area contributed by atoms with Gasteiger partial charge < -0.3 is 5.73 Å². The van der Waals surface area contributed by atoms with Crippen LogP contribution >= 0.6 is 11.8 Å². The lowest BCUT2D eigenvalue weighted by molar-refractivity contribution is 0.553. The van der Waals surface area contributed by atoms with Crippen molar-refractivity contribution in [2.75, 3.05) is 12.0 Å². The molecule has 2 rings (SSSR count). The van der Waals surface area contributed by atoms with Crippen LogP contribution < -0.4 is 10.5 Å². The molecule has 106 valence electrons. The maximum Gasteiger partial charge on any atom is 0.242 e. The molecule has 1 fully saturated rings. The Morgan fingerprint density at radius 2 is 2.11 bits per heavy atom. The van der Waals surface area contributed by atoms with Gasteiger partial charge in [0, 0.05) is 11.3 Å². The van der Waals surface area contributed by atoms with Crippen LogP contribution in [0.4, 0.5) is 5.69 Å². The summed E-state index contributed by atoms with van der Waals surface area (Å²) in [5, 5.41) is 0.558. The molecule has 6 heteroatoms. The highest BCUT2D eigenvalue weighted by Gasteiger charge is 2.28. The van der Waals surface area contributed by atoms with Gasteiger partial charge in [0.25, 0.3) is 0 Å². The minimum absolute atomic E-state index is 0.0307. The Morgan fingerprint density at radius 3 is 2.68 bits per heavy atom. The molecule has 2 atom stereocenters. The smallest absolute Gasteiger partial charge is 0.242 e. The van der Waals surface area contributed by atoms with Crippen LogP contribution in [-0.4, -0.2) is 26.0 Å². The molecule has 0 aliphatic heterocycles. The number of nitrogens with one attached hydrogen (secondary N) is 1. The molecule has 1 aromatic carbocycles. The molecule has 3 N–H and O–H groups in total. The monoisotopic (exact) mass is 300 g/mol. The van der Waals surface area contributed by atoms with Crippen LogP contribution in [0.2, 0.25) is 0 Å². The molecular formula is C13H20N2O2S2. The second-order valence-electron chi connectivity index (χ2n) is 5.03. The number of nitrogens with two attached hydrogens (primary N) is 1. The van der Waals surface area contributed by atoms with E-state index in [0.717, 1.165) is 24.8 Å². The maximum absolute atomic E-state index is 12.3. The number of hydrogen-bond donors (Lipinski definition) is 2. The first-order chi connectivity index (χ1) is 8.92. The van der Waals surface area contributed by atoms with Crippen LogP contribution in [0.5, 0.6) is 0 Å². The van der Waals surface area contributed by atoms with Crippen molar-refractivity contribution in [3.63, 3.8) is 0 Å². The summed E-state index contributed by atoms with van der Waals surface area (Å²) in [6.45, 7) is 1.89. The molecule has 1 aromatic rings. The maximum atomic E-state index is 12.3. The highest BCUT2D eigenvalue weighted by Crippen LogP contribution is 2.29. The molecule has 4 nitrogen and oxygen atoms in total. The molecule has 2 unspecified atom stereocenters. The Labute approximate surface area is 119 Å². The van der Waals surface area contributed by atoms with Crippen molar-refractivity contribution in [3.8, 4) is 0 Å². The standard InChI is InChI=1S/C13H20N2O2S2/c1-9-3-6-13(12(14)7-9)19(16,17)15-10-4-5-11(8-10)18-2/h3,6-7,10-11,15H,4-5,8,14H2,1-2H3. The summed E-state index contributed by atoms with van der Waals surface area (Å²) in [6, 6.07) is 5.06. The van der Waals surface area contributed by atoms with Crippen molar-refractivity contribution in [3.05, 3.63) is 23.8 Å². The number of thioether (sulfide) groups is 1. The summed E-state index contributed by atoms with van der Waals surface area (Å²) in [4.78, 5) is 0.186. The minimum Gasteiger partial charge on any atom is -0.398 e. The fraction of sp³-hybridized carbons (Fsp3) is 0.538. The molecule has 19 heavy (non-hydrogen) atoms. The van der Waals surface area contributed by atoms with E-state index in [-0.39, 0.29) is 10.9 Å². The summed E-state index contributed by atoms with van der Waals surface area (Å²) in [5.74, 6) is 0. The van der Waals surface area contributed by atoms with Crippen LogP contribution in [0.25, 0.3) is 0 Å². The van der Waals surface area contributed by atoms with E-state index >= 15 is 0 Å². The van der Waals surface area contributed by atoms with Gasteiger partial charge in [-0.05, 0) is 50.1 Å². The number of anilines is 1. The van der Waals surface area contributed by atoms with Gasteiger partial charge in [0.05, 0.1) is 5.69 Å². The van der Waals surface area contributed by atoms with Gasteiger partial charge >= 0.3 is 0 Å². The zero-order valence-electron chi connectivity index (χ0n) is 11.2.